The largest absolute Gasteiger partial charge is 0.492 e. The highest BCUT2D eigenvalue weighted by Crippen LogP contribution is 2.33. The molecule has 2 aromatic heterocycles. The number of ether oxygens (including phenoxy) is 2. The molecule has 1 unspecified atom stereocenters. The van der Waals surface area contributed by atoms with Crippen LogP contribution in [0.2, 0.25) is 0 Å². The van der Waals surface area contributed by atoms with E-state index in [-0.39, 0.29) is 22.9 Å². The lowest BCUT2D eigenvalue weighted by Gasteiger charge is -2.15. The van der Waals surface area contributed by atoms with Gasteiger partial charge in [0.2, 0.25) is 17.7 Å². The number of rotatable bonds is 11. The Labute approximate surface area is 223 Å². The van der Waals surface area contributed by atoms with Gasteiger partial charge in [0.1, 0.15) is 29.3 Å². The average Bonchev–Trinajstić information content (AvgIpc) is 3.20. The Morgan fingerprint density at radius 1 is 1.13 bits per heavy atom. The molecule has 0 bridgehead atoms. The third-order valence-electron chi connectivity index (χ3n) is 5.91. The molecule has 0 aliphatic carbocycles. The van der Waals surface area contributed by atoms with Gasteiger partial charge in [-0.25, -0.2) is 13.3 Å². The zero-order valence-electron chi connectivity index (χ0n) is 21.6. The van der Waals surface area contributed by atoms with Gasteiger partial charge in [0.15, 0.2) is 11.6 Å². The van der Waals surface area contributed by atoms with Crippen LogP contribution in [0.3, 0.4) is 0 Å². The second-order valence-corrected chi connectivity index (χ2v) is 9.11. The summed E-state index contributed by atoms with van der Waals surface area (Å²) in [5, 5.41) is 6.67. The van der Waals surface area contributed by atoms with Crippen LogP contribution in [0.5, 0.6) is 17.4 Å². The third-order valence-corrected chi connectivity index (χ3v) is 5.91. The normalized spacial score (nSPS) is 11.9. The molecule has 0 saturated carbocycles. The first-order chi connectivity index (χ1) is 18.6. The zero-order chi connectivity index (χ0) is 28.1. The standard InChI is InChI=1S/C27H28F2N6O4/c1-16-22(38-12-4-11-34(2)3)14-35-24(16)27(31-15-32-35)39-21-10-5-17(13-20(21)29)23(25(30)36)26(37)33-19-8-6-18(28)7-9-19/h5-10,13-15,23H,4,11-12H2,1-3H3,(H2,30,36)(H,33,37). The second kappa shape index (κ2) is 11.9. The first-order valence-electron chi connectivity index (χ1n) is 12.1. The first kappa shape index (κ1) is 27.5. The van der Waals surface area contributed by atoms with Gasteiger partial charge >= 0.3 is 0 Å². The number of hydrogen-bond donors (Lipinski definition) is 2. The number of nitrogens with zero attached hydrogens (tertiary/aromatic N) is 4. The smallest absolute Gasteiger partial charge is 0.247 e. The van der Waals surface area contributed by atoms with Crippen molar-refractivity contribution in [2.45, 2.75) is 19.3 Å². The minimum absolute atomic E-state index is 0.0204. The van der Waals surface area contributed by atoms with Crippen molar-refractivity contribution in [3.8, 4) is 17.4 Å². The molecular formula is C27H28F2N6O4. The van der Waals surface area contributed by atoms with E-state index in [0.29, 0.717) is 17.9 Å². The maximum Gasteiger partial charge on any atom is 0.247 e. The van der Waals surface area contributed by atoms with Crippen LogP contribution in [-0.4, -0.2) is 58.6 Å². The molecule has 4 rings (SSSR count). The Hall–Kier alpha value is -4.58. The Balaban J connectivity index is 1.54. The van der Waals surface area contributed by atoms with Crippen LogP contribution in [0.25, 0.3) is 5.52 Å². The zero-order valence-corrected chi connectivity index (χ0v) is 21.6. The molecule has 0 aliphatic heterocycles. The van der Waals surface area contributed by atoms with E-state index in [1.54, 1.807) is 6.20 Å². The molecule has 4 aromatic rings. The van der Waals surface area contributed by atoms with E-state index in [2.05, 4.69) is 20.3 Å². The van der Waals surface area contributed by atoms with Crippen LogP contribution in [0.1, 0.15) is 23.5 Å². The van der Waals surface area contributed by atoms with Gasteiger partial charge in [-0.3, -0.25) is 9.59 Å². The van der Waals surface area contributed by atoms with Crippen molar-refractivity contribution < 1.29 is 27.8 Å². The molecule has 0 radical (unpaired) electrons. The minimum Gasteiger partial charge on any atom is -0.492 e. The Bertz CT molecular complexity index is 1490. The lowest BCUT2D eigenvalue weighted by molar-refractivity contribution is -0.127. The molecule has 0 aliphatic rings. The van der Waals surface area contributed by atoms with Crippen LogP contribution in [0.15, 0.2) is 55.0 Å². The molecule has 0 spiro atoms. The molecule has 1 atom stereocenters. The second-order valence-electron chi connectivity index (χ2n) is 9.11. The number of fused-ring (bicyclic) bond motifs is 1. The fourth-order valence-electron chi connectivity index (χ4n) is 3.96. The highest BCUT2D eigenvalue weighted by molar-refractivity contribution is 6.10. The van der Waals surface area contributed by atoms with Crippen LogP contribution in [0.4, 0.5) is 14.5 Å². The highest BCUT2D eigenvalue weighted by Gasteiger charge is 2.28. The molecule has 2 aromatic carbocycles. The Morgan fingerprint density at radius 3 is 2.54 bits per heavy atom. The number of carbonyl (C=O) groups is 2. The minimum atomic E-state index is -1.50. The maximum absolute atomic E-state index is 15.1. The number of aromatic nitrogens is 3. The molecule has 2 heterocycles. The fourth-order valence-corrected chi connectivity index (χ4v) is 3.96. The third kappa shape index (κ3) is 6.47. The number of halogens is 2. The number of benzene rings is 2. The van der Waals surface area contributed by atoms with E-state index in [0.717, 1.165) is 36.7 Å². The van der Waals surface area contributed by atoms with Gasteiger partial charge in [0, 0.05) is 17.8 Å². The van der Waals surface area contributed by atoms with Crippen molar-refractivity contribution >= 4 is 23.0 Å². The summed E-state index contributed by atoms with van der Waals surface area (Å²) in [7, 11) is 3.97. The SMILES string of the molecule is Cc1c(OCCCN(C)C)cn2ncnc(Oc3ccc(C(C(N)=O)C(=O)Nc4ccc(F)cc4)cc3F)c12. The van der Waals surface area contributed by atoms with Gasteiger partial charge in [0.25, 0.3) is 0 Å². The van der Waals surface area contributed by atoms with Crippen LogP contribution in [0, 0.1) is 18.6 Å². The number of carbonyl (C=O) groups excluding carboxylic acids is 2. The van der Waals surface area contributed by atoms with Crippen molar-refractivity contribution in [1.29, 1.82) is 0 Å². The summed E-state index contributed by atoms with van der Waals surface area (Å²) in [6.45, 7) is 3.20. The van der Waals surface area contributed by atoms with Crippen molar-refractivity contribution in [1.82, 2.24) is 19.5 Å². The molecular weight excluding hydrogens is 510 g/mol. The van der Waals surface area contributed by atoms with Crippen LogP contribution >= 0.6 is 0 Å². The van der Waals surface area contributed by atoms with Crippen LogP contribution < -0.4 is 20.5 Å². The van der Waals surface area contributed by atoms with E-state index in [1.165, 1.54) is 35.1 Å². The quantitative estimate of drug-likeness (QED) is 0.221. The number of aryl methyl sites for hydroxylation is 1. The number of hydrogen-bond acceptors (Lipinski definition) is 7. The van der Waals surface area contributed by atoms with Gasteiger partial charge in [-0.2, -0.15) is 10.1 Å². The summed E-state index contributed by atoms with van der Waals surface area (Å²) in [4.78, 5) is 31.1. The van der Waals surface area contributed by atoms with Crippen molar-refractivity contribution in [2.75, 3.05) is 32.6 Å². The molecule has 10 nitrogen and oxygen atoms in total. The fraction of sp³-hybridized carbons (Fsp3) is 0.259. The van der Waals surface area contributed by atoms with Gasteiger partial charge < -0.3 is 25.4 Å². The van der Waals surface area contributed by atoms with E-state index in [4.69, 9.17) is 15.2 Å². The molecule has 0 fully saturated rings. The van der Waals surface area contributed by atoms with E-state index >= 15 is 4.39 Å². The topological polar surface area (TPSA) is 124 Å². The lowest BCUT2D eigenvalue weighted by atomic mass is 9.97. The summed E-state index contributed by atoms with van der Waals surface area (Å²) >= 11 is 0. The number of nitrogens with one attached hydrogen (secondary N) is 1. The number of primary amides is 1. The Kier molecular flexibility index (Phi) is 8.35. The maximum atomic E-state index is 15.1. The lowest BCUT2D eigenvalue weighted by Crippen LogP contribution is -2.32. The Morgan fingerprint density at radius 2 is 1.87 bits per heavy atom. The van der Waals surface area contributed by atoms with Crippen LogP contribution in [-0.2, 0) is 9.59 Å². The van der Waals surface area contributed by atoms with Gasteiger partial charge in [-0.05, 0) is 69.4 Å². The summed E-state index contributed by atoms with van der Waals surface area (Å²) in [6, 6.07) is 8.60. The van der Waals surface area contributed by atoms with Crippen molar-refractivity contribution in [2.24, 2.45) is 5.73 Å². The molecule has 2 amide bonds. The van der Waals surface area contributed by atoms with Crippen molar-refractivity contribution in [3.63, 3.8) is 0 Å². The van der Waals surface area contributed by atoms with Gasteiger partial charge in [-0.1, -0.05) is 6.07 Å². The molecule has 204 valence electrons. The monoisotopic (exact) mass is 538 g/mol. The van der Waals surface area contributed by atoms with E-state index in [1.807, 2.05) is 21.0 Å². The number of nitrogens with two attached hydrogens (primary N) is 1. The molecule has 0 saturated heterocycles. The summed E-state index contributed by atoms with van der Waals surface area (Å²) in [5.74, 6) is -4.08. The first-order valence-corrected chi connectivity index (χ1v) is 12.1. The van der Waals surface area contributed by atoms with E-state index < -0.39 is 29.4 Å². The average molecular weight is 539 g/mol. The number of anilines is 1. The predicted molar refractivity (Wildman–Crippen MR) is 140 cm³/mol. The predicted octanol–water partition coefficient (Wildman–Crippen LogP) is 3.65. The molecule has 3 N–H and O–H groups in total. The molecule has 12 heteroatoms. The highest BCUT2D eigenvalue weighted by atomic mass is 19.1. The summed E-state index contributed by atoms with van der Waals surface area (Å²) in [6.07, 6.45) is 3.80. The van der Waals surface area contributed by atoms with Crippen molar-refractivity contribution in [3.05, 3.63) is 77.8 Å². The number of amides is 2. The van der Waals surface area contributed by atoms with Gasteiger partial charge in [0.05, 0.1) is 12.8 Å². The molecule has 39 heavy (non-hydrogen) atoms. The summed E-state index contributed by atoms with van der Waals surface area (Å²) < 4.78 is 41.5. The summed E-state index contributed by atoms with van der Waals surface area (Å²) in [5.41, 5.74) is 6.94. The van der Waals surface area contributed by atoms with E-state index in [9.17, 15) is 14.0 Å². The van der Waals surface area contributed by atoms with Gasteiger partial charge in [-0.15, -0.1) is 0 Å².